The maximum atomic E-state index is 12.5. The van der Waals surface area contributed by atoms with E-state index in [-0.39, 0.29) is 16.7 Å². The minimum Gasteiger partial charge on any atom is -0.507 e. The van der Waals surface area contributed by atoms with E-state index < -0.39 is 0 Å². The molecule has 2 rings (SSSR count). The molecule has 4 nitrogen and oxygen atoms in total. The van der Waals surface area contributed by atoms with Gasteiger partial charge in [0.15, 0.2) is 0 Å². The molecule has 0 radical (unpaired) electrons. The number of carbonyl (C=O) groups is 1. The van der Waals surface area contributed by atoms with E-state index in [0.717, 1.165) is 46.2 Å². The van der Waals surface area contributed by atoms with Crippen molar-refractivity contribution in [3.63, 3.8) is 0 Å². The van der Waals surface area contributed by atoms with Gasteiger partial charge in [0.25, 0.3) is 0 Å². The van der Waals surface area contributed by atoms with Crippen LogP contribution in [-0.2, 0) is 34.9 Å². The summed E-state index contributed by atoms with van der Waals surface area (Å²) in [6.45, 7) is 17.1. The molecule has 0 unspecified atom stereocenters. The van der Waals surface area contributed by atoms with Gasteiger partial charge in [0, 0.05) is 13.0 Å². The number of aromatic hydroxyl groups is 2. The standard InChI is InChI=1S/C28H41NO3/c1-9-21-15-20(14-18(2)25(21)31)12-13-29-24(30)11-10-19-16-22(27(3,4)5)26(32)23(17-19)28(6,7)8/h14-17,31-32H,9-13H2,1-8H3,(H,29,30). The van der Waals surface area contributed by atoms with E-state index in [1.54, 1.807) is 0 Å². The molecule has 3 N–H and O–H groups in total. The highest BCUT2D eigenvalue weighted by Gasteiger charge is 2.26. The van der Waals surface area contributed by atoms with Crippen LogP contribution in [0.2, 0.25) is 0 Å². The molecule has 0 aliphatic heterocycles. The summed E-state index contributed by atoms with van der Waals surface area (Å²) in [6.07, 6.45) is 2.57. The number of hydrogen-bond acceptors (Lipinski definition) is 3. The van der Waals surface area contributed by atoms with Crippen molar-refractivity contribution in [3.05, 3.63) is 57.6 Å². The second-order valence-corrected chi connectivity index (χ2v) is 10.9. The van der Waals surface area contributed by atoms with E-state index in [4.69, 9.17) is 0 Å². The van der Waals surface area contributed by atoms with Gasteiger partial charge >= 0.3 is 0 Å². The van der Waals surface area contributed by atoms with Gasteiger partial charge in [0.05, 0.1) is 0 Å². The summed E-state index contributed by atoms with van der Waals surface area (Å²) in [6, 6.07) is 8.10. The Kier molecular flexibility index (Phi) is 8.03. The van der Waals surface area contributed by atoms with Crippen molar-refractivity contribution in [1.82, 2.24) is 5.32 Å². The number of carbonyl (C=O) groups excluding carboxylic acids is 1. The second kappa shape index (κ2) is 9.97. The van der Waals surface area contributed by atoms with Crippen LogP contribution in [0.1, 0.15) is 88.3 Å². The summed E-state index contributed by atoms with van der Waals surface area (Å²) in [5.41, 5.74) is 5.52. The Balaban J connectivity index is 2.03. The molecule has 0 bridgehead atoms. The second-order valence-electron chi connectivity index (χ2n) is 10.9. The molecule has 0 heterocycles. The topological polar surface area (TPSA) is 69.6 Å². The van der Waals surface area contributed by atoms with Gasteiger partial charge in [-0.3, -0.25) is 4.79 Å². The molecule has 4 heteroatoms. The van der Waals surface area contributed by atoms with Gasteiger partial charge in [-0.1, -0.05) is 72.7 Å². The monoisotopic (exact) mass is 439 g/mol. The molecule has 0 aromatic heterocycles. The van der Waals surface area contributed by atoms with Crippen LogP contribution in [0.15, 0.2) is 24.3 Å². The number of rotatable bonds is 7. The Morgan fingerprint density at radius 3 is 1.88 bits per heavy atom. The van der Waals surface area contributed by atoms with Crippen LogP contribution in [0.5, 0.6) is 11.5 Å². The third-order valence-electron chi connectivity index (χ3n) is 5.98. The minimum absolute atomic E-state index is 0.0268. The van der Waals surface area contributed by atoms with Gasteiger partial charge in [0.1, 0.15) is 11.5 Å². The van der Waals surface area contributed by atoms with Crippen molar-refractivity contribution in [3.8, 4) is 11.5 Å². The van der Waals surface area contributed by atoms with Crippen molar-refractivity contribution in [2.45, 2.75) is 91.9 Å². The SMILES string of the molecule is CCc1cc(CCNC(=O)CCc2cc(C(C)(C)C)c(O)c(C(C)(C)C)c2)cc(C)c1O. The number of phenolic OH excluding ortho intramolecular Hbond substituents is 2. The zero-order valence-corrected chi connectivity index (χ0v) is 21.1. The van der Waals surface area contributed by atoms with Crippen molar-refractivity contribution < 1.29 is 15.0 Å². The molecule has 0 spiro atoms. The first-order chi connectivity index (χ1) is 14.7. The Morgan fingerprint density at radius 2 is 1.38 bits per heavy atom. The number of aryl methyl sites for hydroxylation is 3. The van der Waals surface area contributed by atoms with Gasteiger partial charge in [-0.15, -0.1) is 0 Å². The summed E-state index contributed by atoms with van der Waals surface area (Å²) in [7, 11) is 0. The minimum atomic E-state index is -0.179. The van der Waals surface area contributed by atoms with E-state index in [2.05, 4.69) is 46.9 Å². The van der Waals surface area contributed by atoms with E-state index >= 15 is 0 Å². The van der Waals surface area contributed by atoms with Crippen molar-refractivity contribution in [2.24, 2.45) is 0 Å². The quantitative estimate of drug-likeness (QED) is 0.506. The van der Waals surface area contributed by atoms with Crippen molar-refractivity contribution >= 4 is 5.91 Å². The molecular formula is C28H41NO3. The fraction of sp³-hybridized carbons (Fsp3) is 0.536. The average Bonchev–Trinajstić information content (AvgIpc) is 2.67. The number of nitrogens with one attached hydrogen (secondary N) is 1. The molecular weight excluding hydrogens is 398 g/mol. The molecule has 0 saturated carbocycles. The van der Waals surface area contributed by atoms with Crippen LogP contribution >= 0.6 is 0 Å². The lowest BCUT2D eigenvalue weighted by atomic mass is 9.78. The fourth-order valence-electron chi connectivity index (χ4n) is 4.02. The summed E-state index contributed by atoms with van der Waals surface area (Å²) in [4.78, 5) is 12.5. The zero-order chi connectivity index (χ0) is 24.3. The van der Waals surface area contributed by atoms with Gasteiger partial charge in [-0.05, 0) is 70.4 Å². The van der Waals surface area contributed by atoms with Gasteiger partial charge in [-0.25, -0.2) is 0 Å². The van der Waals surface area contributed by atoms with Gasteiger partial charge in [-0.2, -0.15) is 0 Å². The lowest BCUT2D eigenvalue weighted by molar-refractivity contribution is -0.121. The third kappa shape index (κ3) is 6.51. The Bertz CT molecular complexity index is 927. The first-order valence-electron chi connectivity index (χ1n) is 11.7. The molecule has 176 valence electrons. The average molecular weight is 440 g/mol. The largest absolute Gasteiger partial charge is 0.507 e. The summed E-state index contributed by atoms with van der Waals surface area (Å²) >= 11 is 0. The predicted octanol–water partition coefficient (Wildman–Crippen LogP) is 5.86. The van der Waals surface area contributed by atoms with Crippen LogP contribution < -0.4 is 5.32 Å². The predicted molar refractivity (Wildman–Crippen MR) is 133 cm³/mol. The van der Waals surface area contributed by atoms with E-state index in [1.165, 1.54) is 0 Å². The third-order valence-corrected chi connectivity index (χ3v) is 5.98. The summed E-state index contributed by atoms with van der Waals surface area (Å²) in [5.74, 6) is 0.770. The molecule has 1 amide bonds. The van der Waals surface area contributed by atoms with Gasteiger partial charge in [0.2, 0.25) is 5.91 Å². The molecule has 2 aromatic rings. The van der Waals surface area contributed by atoms with Crippen molar-refractivity contribution in [1.29, 1.82) is 0 Å². The van der Waals surface area contributed by atoms with E-state index in [1.807, 2.05) is 38.1 Å². The molecule has 32 heavy (non-hydrogen) atoms. The first kappa shape index (κ1) is 25.8. The van der Waals surface area contributed by atoms with Crippen LogP contribution in [0.25, 0.3) is 0 Å². The number of hydrogen-bond donors (Lipinski definition) is 3. The molecule has 2 aromatic carbocycles. The fourth-order valence-corrected chi connectivity index (χ4v) is 4.02. The summed E-state index contributed by atoms with van der Waals surface area (Å²) < 4.78 is 0. The van der Waals surface area contributed by atoms with Crippen molar-refractivity contribution in [2.75, 3.05) is 6.54 Å². The van der Waals surface area contributed by atoms with Crippen LogP contribution in [0, 0.1) is 6.92 Å². The molecule has 0 aliphatic carbocycles. The summed E-state index contributed by atoms with van der Waals surface area (Å²) in [5, 5.41) is 24.0. The maximum absolute atomic E-state index is 12.5. The number of phenols is 2. The molecule has 0 saturated heterocycles. The van der Waals surface area contributed by atoms with Crippen LogP contribution in [-0.4, -0.2) is 22.7 Å². The van der Waals surface area contributed by atoms with E-state index in [9.17, 15) is 15.0 Å². The molecule has 0 aliphatic rings. The Labute approximate surface area is 194 Å². The lowest BCUT2D eigenvalue weighted by Crippen LogP contribution is -2.26. The smallest absolute Gasteiger partial charge is 0.220 e. The van der Waals surface area contributed by atoms with E-state index in [0.29, 0.717) is 30.9 Å². The highest BCUT2D eigenvalue weighted by molar-refractivity contribution is 5.76. The maximum Gasteiger partial charge on any atom is 0.220 e. The number of amides is 1. The zero-order valence-electron chi connectivity index (χ0n) is 21.1. The normalized spacial score (nSPS) is 12.1. The highest BCUT2D eigenvalue weighted by atomic mass is 16.3. The first-order valence-corrected chi connectivity index (χ1v) is 11.7. The molecule has 0 atom stereocenters. The lowest BCUT2D eigenvalue weighted by Gasteiger charge is -2.28. The molecule has 0 fully saturated rings. The Morgan fingerprint density at radius 1 is 0.844 bits per heavy atom. The Hall–Kier alpha value is -2.49. The van der Waals surface area contributed by atoms with Crippen LogP contribution in [0.4, 0.5) is 0 Å². The van der Waals surface area contributed by atoms with Gasteiger partial charge < -0.3 is 15.5 Å². The number of benzene rings is 2. The highest BCUT2D eigenvalue weighted by Crippen LogP contribution is 2.40. The van der Waals surface area contributed by atoms with Crippen LogP contribution in [0.3, 0.4) is 0 Å².